The van der Waals surface area contributed by atoms with E-state index in [2.05, 4.69) is 15.6 Å². The molecule has 184 valence electrons. The van der Waals surface area contributed by atoms with Gasteiger partial charge >= 0.3 is 6.09 Å². The van der Waals surface area contributed by atoms with Crippen LogP contribution in [0, 0.1) is 11.6 Å². The number of pyridine rings is 1. The zero-order valence-electron chi connectivity index (χ0n) is 20.3. The lowest BCUT2D eigenvalue weighted by molar-refractivity contribution is -0.120. The van der Waals surface area contributed by atoms with E-state index in [1.165, 1.54) is 6.20 Å². The Kier molecular flexibility index (Phi) is 8.47. The van der Waals surface area contributed by atoms with E-state index in [9.17, 15) is 23.2 Å². The number of hydrogen-bond acceptors (Lipinski definition) is 5. The summed E-state index contributed by atoms with van der Waals surface area (Å²) < 4.78 is 33.2. The minimum Gasteiger partial charge on any atom is -0.444 e. The Morgan fingerprint density at radius 1 is 1.06 bits per heavy atom. The summed E-state index contributed by atoms with van der Waals surface area (Å²) in [5.74, 6) is -2.34. The van der Waals surface area contributed by atoms with Gasteiger partial charge in [0.25, 0.3) is 5.91 Å². The first kappa shape index (κ1) is 26.9. The second-order valence-corrected chi connectivity index (χ2v) is 9.98. The van der Waals surface area contributed by atoms with Crippen LogP contribution in [0.3, 0.4) is 0 Å². The highest BCUT2D eigenvalue weighted by Crippen LogP contribution is 2.16. The minimum absolute atomic E-state index is 0.0823. The first-order valence-electron chi connectivity index (χ1n) is 10.9. The third kappa shape index (κ3) is 8.53. The summed E-state index contributed by atoms with van der Waals surface area (Å²) in [5.41, 5.74) is -1.02. The van der Waals surface area contributed by atoms with Gasteiger partial charge in [-0.1, -0.05) is 0 Å². The molecule has 0 aliphatic carbocycles. The van der Waals surface area contributed by atoms with E-state index in [0.29, 0.717) is 0 Å². The number of benzene rings is 1. The van der Waals surface area contributed by atoms with Crippen LogP contribution >= 0.6 is 0 Å². The van der Waals surface area contributed by atoms with Gasteiger partial charge in [-0.3, -0.25) is 14.6 Å². The smallest absolute Gasteiger partial charge is 0.408 e. The molecule has 1 unspecified atom stereocenters. The molecule has 1 heterocycles. The summed E-state index contributed by atoms with van der Waals surface area (Å²) in [6, 6.07) is 4.75. The number of alkyl carbamates (subject to hydrolysis) is 1. The average Bonchev–Trinajstić information content (AvgIpc) is 2.67. The molecular weight excluding hydrogens is 444 g/mol. The van der Waals surface area contributed by atoms with Gasteiger partial charge in [0.05, 0.1) is 23.7 Å². The third-order valence-electron chi connectivity index (χ3n) is 4.48. The molecule has 2 aromatic rings. The Bertz CT molecular complexity index is 1060. The average molecular weight is 476 g/mol. The highest BCUT2D eigenvalue weighted by molar-refractivity contribution is 5.98. The molecule has 0 saturated carbocycles. The van der Waals surface area contributed by atoms with Crippen molar-refractivity contribution >= 4 is 17.8 Å². The van der Waals surface area contributed by atoms with E-state index >= 15 is 0 Å². The van der Waals surface area contributed by atoms with Crippen molar-refractivity contribution in [2.45, 2.75) is 71.6 Å². The maximum atomic E-state index is 14.3. The van der Waals surface area contributed by atoms with Crippen molar-refractivity contribution in [3.8, 4) is 0 Å². The fraction of sp³-hybridized carbons (Fsp3) is 0.440. The summed E-state index contributed by atoms with van der Waals surface area (Å²) in [6.45, 7) is 10.4. The highest BCUT2D eigenvalue weighted by Gasteiger charge is 2.28. The van der Waals surface area contributed by atoms with E-state index in [0.717, 1.165) is 18.2 Å². The molecule has 1 aromatic carbocycles. The molecule has 2 N–H and O–H groups in total. The van der Waals surface area contributed by atoms with E-state index in [4.69, 9.17) is 4.74 Å². The van der Waals surface area contributed by atoms with Gasteiger partial charge < -0.3 is 15.4 Å². The van der Waals surface area contributed by atoms with Gasteiger partial charge in [0.2, 0.25) is 0 Å². The summed E-state index contributed by atoms with van der Waals surface area (Å²) in [7, 11) is 0. The molecule has 0 saturated heterocycles. The van der Waals surface area contributed by atoms with Crippen LogP contribution in [0.25, 0.3) is 0 Å². The molecule has 1 aromatic heterocycles. The molecule has 1 atom stereocenters. The van der Waals surface area contributed by atoms with Crippen molar-refractivity contribution in [3.05, 3.63) is 65.0 Å². The second kappa shape index (κ2) is 10.7. The highest BCUT2D eigenvalue weighted by atomic mass is 19.1. The lowest BCUT2D eigenvalue weighted by Gasteiger charge is -2.24. The molecule has 0 fully saturated rings. The largest absolute Gasteiger partial charge is 0.444 e. The van der Waals surface area contributed by atoms with Crippen LogP contribution in [-0.4, -0.2) is 39.9 Å². The first-order chi connectivity index (χ1) is 15.6. The minimum atomic E-state index is -1.24. The SMILES string of the molecule is CC(C)(C)NC(=O)c1cccnc1CC(=O)C(Cc1cc(F)ccc1F)NC(=O)OC(C)(C)C. The Labute approximate surface area is 198 Å². The van der Waals surface area contributed by atoms with Crippen molar-refractivity contribution in [3.63, 3.8) is 0 Å². The summed E-state index contributed by atoms with van der Waals surface area (Å²) >= 11 is 0. The number of carbonyl (C=O) groups is 3. The number of aromatic nitrogens is 1. The zero-order chi connectivity index (χ0) is 25.7. The van der Waals surface area contributed by atoms with E-state index in [-0.39, 0.29) is 29.7 Å². The number of ether oxygens (including phenoxy) is 1. The predicted octanol–water partition coefficient (Wildman–Crippen LogP) is 4.14. The number of nitrogens with one attached hydrogen (secondary N) is 2. The van der Waals surface area contributed by atoms with Crippen molar-refractivity contribution in [2.24, 2.45) is 0 Å². The molecule has 0 bridgehead atoms. The maximum absolute atomic E-state index is 14.3. The molecule has 0 radical (unpaired) electrons. The van der Waals surface area contributed by atoms with Gasteiger partial charge in [0.15, 0.2) is 5.78 Å². The topological polar surface area (TPSA) is 97.4 Å². The number of rotatable bonds is 7. The van der Waals surface area contributed by atoms with Crippen LogP contribution in [0.4, 0.5) is 13.6 Å². The van der Waals surface area contributed by atoms with Crippen LogP contribution in [0.5, 0.6) is 0 Å². The van der Waals surface area contributed by atoms with E-state index < -0.39 is 46.6 Å². The quantitative estimate of drug-likeness (QED) is 0.628. The van der Waals surface area contributed by atoms with E-state index in [1.54, 1.807) is 32.9 Å². The Hall–Kier alpha value is -3.36. The molecule has 0 spiro atoms. The molecule has 2 amide bonds. The number of halogens is 2. The van der Waals surface area contributed by atoms with Crippen LogP contribution in [0.2, 0.25) is 0 Å². The second-order valence-electron chi connectivity index (χ2n) is 9.98. The molecular formula is C25H31F2N3O4. The number of nitrogens with zero attached hydrogens (tertiary/aromatic N) is 1. The summed E-state index contributed by atoms with van der Waals surface area (Å²) in [5, 5.41) is 5.27. The monoisotopic (exact) mass is 475 g/mol. The van der Waals surface area contributed by atoms with Crippen molar-refractivity contribution in [1.82, 2.24) is 15.6 Å². The summed E-state index contributed by atoms with van der Waals surface area (Å²) in [4.78, 5) is 42.4. The maximum Gasteiger partial charge on any atom is 0.408 e. The normalized spacial score (nSPS) is 12.6. The molecule has 0 aliphatic rings. The van der Waals surface area contributed by atoms with Crippen LogP contribution in [0.15, 0.2) is 36.5 Å². The van der Waals surface area contributed by atoms with Gasteiger partial charge in [0, 0.05) is 18.2 Å². The predicted molar refractivity (Wildman–Crippen MR) is 123 cm³/mol. The van der Waals surface area contributed by atoms with Crippen molar-refractivity contribution in [1.29, 1.82) is 0 Å². The Morgan fingerprint density at radius 2 is 1.74 bits per heavy atom. The fourth-order valence-electron chi connectivity index (χ4n) is 3.10. The van der Waals surface area contributed by atoms with Gasteiger partial charge in [-0.2, -0.15) is 0 Å². The lowest BCUT2D eigenvalue weighted by atomic mass is 9.97. The number of carbonyl (C=O) groups excluding carboxylic acids is 3. The van der Waals surface area contributed by atoms with Crippen molar-refractivity contribution < 1.29 is 27.9 Å². The number of hydrogen-bond donors (Lipinski definition) is 2. The number of amides is 2. The van der Waals surface area contributed by atoms with Gasteiger partial charge in [-0.05, 0) is 77.4 Å². The van der Waals surface area contributed by atoms with Crippen LogP contribution in [-0.2, 0) is 22.4 Å². The number of ketones is 1. The number of Topliss-reactive ketones (excluding diaryl/α,β-unsaturated/α-hetero) is 1. The van der Waals surface area contributed by atoms with Gasteiger partial charge in [0.1, 0.15) is 17.2 Å². The fourth-order valence-corrected chi connectivity index (χ4v) is 3.10. The molecule has 7 nitrogen and oxygen atoms in total. The first-order valence-corrected chi connectivity index (χ1v) is 10.9. The molecule has 2 rings (SSSR count). The van der Waals surface area contributed by atoms with Crippen molar-refractivity contribution in [2.75, 3.05) is 0 Å². The third-order valence-corrected chi connectivity index (χ3v) is 4.48. The van der Waals surface area contributed by atoms with Crippen LogP contribution < -0.4 is 10.6 Å². The van der Waals surface area contributed by atoms with Crippen LogP contribution in [0.1, 0.15) is 63.2 Å². The molecule has 0 aliphatic heterocycles. The summed E-state index contributed by atoms with van der Waals surface area (Å²) in [6.07, 6.45) is -0.0586. The lowest BCUT2D eigenvalue weighted by Crippen LogP contribution is -2.46. The Balaban J connectivity index is 2.32. The molecule has 9 heteroatoms. The van der Waals surface area contributed by atoms with Gasteiger partial charge in [-0.15, -0.1) is 0 Å². The zero-order valence-corrected chi connectivity index (χ0v) is 20.3. The van der Waals surface area contributed by atoms with E-state index in [1.807, 2.05) is 20.8 Å². The Morgan fingerprint density at radius 3 is 2.35 bits per heavy atom. The van der Waals surface area contributed by atoms with Gasteiger partial charge in [-0.25, -0.2) is 13.6 Å². The standard InChI is InChI=1S/C25H31F2N3O4/c1-24(2,3)30-22(32)17-8-7-11-28-19(17)14-21(31)20(29-23(33)34-25(4,5)6)13-15-12-16(26)9-10-18(15)27/h7-12,20H,13-14H2,1-6H3,(H,29,33)(H,30,32). The molecule has 34 heavy (non-hydrogen) atoms.